The smallest absolute Gasteiger partial charge is 0.314 e. The van der Waals surface area contributed by atoms with E-state index in [4.69, 9.17) is 4.74 Å². The first-order valence-electron chi connectivity index (χ1n) is 8.00. The summed E-state index contributed by atoms with van der Waals surface area (Å²) < 4.78 is 7.05. The molecule has 2 aromatic heterocycles. The zero-order valence-electron chi connectivity index (χ0n) is 14.1. The molecule has 0 radical (unpaired) electrons. The van der Waals surface area contributed by atoms with Crippen molar-refractivity contribution in [3.05, 3.63) is 80.8 Å². The van der Waals surface area contributed by atoms with Crippen molar-refractivity contribution in [3.8, 4) is 17.4 Å². The monoisotopic (exact) mass is 363 g/mol. The molecule has 27 heavy (non-hydrogen) atoms. The number of aromatic amines is 1. The lowest BCUT2D eigenvalue weighted by Gasteiger charge is -2.07. The van der Waals surface area contributed by atoms with Crippen molar-refractivity contribution < 1.29 is 9.66 Å². The van der Waals surface area contributed by atoms with Gasteiger partial charge in [-0.1, -0.05) is 30.3 Å². The molecular weight excluding hydrogens is 350 g/mol. The van der Waals surface area contributed by atoms with Gasteiger partial charge in [-0.2, -0.15) is 10.1 Å². The molecule has 0 amide bonds. The minimum Gasteiger partial charge on any atom is -0.418 e. The van der Waals surface area contributed by atoms with Crippen LogP contribution in [0.25, 0.3) is 16.7 Å². The average molecular weight is 363 g/mol. The second-order valence-corrected chi connectivity index (χ2v) is 5.78. The average Bonchev–Trinajstić information content (AvgIpc) is 3.06. The minimum absolute atomic E-state index is 0.00623. The van der Waals surface area contributed by atoms with Gasteiger partial charge in [0.15, 0.2) is 5.65 Å². The van der Waals surface area contributed by atoms with Gasteiger partial charge >= 0.3 is 11.7 Å². The number of nitrogens with one attached hydrogen (secondary N) is 1. The Kier molecular flexibility index (Phi) is 3.88. The molecule has 9 nitrogen and oxygen atoms in total. The van der Waals surface area contributed by atoms with Gasteiger partial charge < -0.3 is 4.74 Å². The van der Waals surface area contributed by atoms with Crippen molar-refractivity contribution >= 4 is 16.7 Å². The summed E-state index contributed by atoms with van der Waals surface area (Å²) in [6.45, 7) is 1.61. The summed E-state index contributed by atoms with van der Waals surface area (Å²) in [5, 5.41) is 15.8. The Morgan fingerprint density at radius 2 is 1.93 bits per heavy atom. The van der Waals surface area contributed by atoms with E-state index in [1.165, 1.54) is 16.9 Å². The minimum atomic E-state index is -0.532. The normalized spacial score (nSPS) is 10.9. The summed E-state index contributed by atoms with van der Waals surface area (Å²) in [5.74, 6) is -0.00623. The zero-order chi connectivity index (χ0) is 19.0. The van der Waals surface area contributed by atoms with Gasteiger partial charge in [0, 0.05) is 5.56 Å². The molecular formula is C18H13N5O4. The number of benzene rings is 2. The van der Waals surface area contributed by atoms with Crippen LogP contribution >= 0.6 is 0 Å². The van der Waals surface area contributed by atoms with Gasteiger partial charge in [0.05, 0.1) is 16.8 Å². The lowest BCUT2D eigenvalue weighted by atomic mass is 10.2. The van der Waals surface area contributed by atoms with Gasteiger partial charge in [-0.3, -0.25) is 19.9 Å². The van der Waals surface area contributed by atoms with E-state index in [2.05, 4.69) is 15.1 Å². The zero-order valence-corrected chi connectivity index (χ0v) is 14.1. The molecule has 0 aliphatic rings. The lowest BCUT2D eigenvalue weighted by Crippen LogP contribution is -2.10. The number of ether oxygens (including phenoxy) is 1. The fourth-order valence-corrected chi connectivity index (χ4v) is 2.76. The number of rotatable bonds is 4. The number of H-pyrrole nitrogens is 1. The Balaban J connectivity index is 1.84. The van der Waals surface area contributed by atoms with E-state index in [1.54, 1.807) is 19.1 Å². The van der Waals surface area contributed by atoms with Crippen LogP contribution in [0.15, 0.2) is 59.5 Å². The number of aryl methyl sites for hydroxylation is 1. The summed E-state index contributed by atoms with van der Waals surface area (Å²) in [7, 11) is 0. The van der Waals surface area contributed by atoms with Crippen LogP contribution in [-0.2, 0) is 0 Å². The molecule has 1 N–H and O–H groups in total. The highest BCUT2D eigenvalue weighted by atomic mass is 16.6. The van der Waals surface area contributed by atoms with E-state index in [-0.39, 0.29) is 28.5 Å². The SMILES string of the molecule is Cc1cccc(Oc2nc3c(cnn3-c3ccccc3)c(=O)[nH]2)c1[N+](=O)[O-]. The number of para-hydroxylation sites is 2. The number of nitro groups is 1. The molecule has 0 unspecified atom stereocenters. The molecule has 0 saturated carbocycles. The first-order chi connectivity index (χ1) is 13.0. The highest BCUT2D eigenvalue weighted by Gasteiger charge is 2.20. The second kappa shape index (κ2) is 6.37. The molecule has 2 heterocycles. The number of nitro benzene ring substituents is 1. The van der Waals surface area contributed by atoms with E-state index in [9.17, 15) is 14.9 Å². The van der Waals surface area contributed by atoms with Crippen LogP contribution in [0.1, 0.15) is 5.56 Å². The Hall–Kier alpha value is -4.01. The molecule has 4 aromatic rings. The first kappa shape index (κ1) is 16.5. The third-order valence-electron chi connectivity index (χ3n) is 4.01. The van der Waals surface area contributed by atoms with Crippen molar-refractivity contribution in [1.29, 1.82) is 0 Å². The fraction of sp³-hybridized carbons (Fsp3) is 0.0556. The summed E-state index contributed by atoms with van der Waals surface area (Å²) in [6, 6.07) is 13.7. The highest BCUT2D eigenvalue weighted by molar-refractivity contribution is 5.75. The van der Waals surface area contributed by atoms with Crippen molar-refractivity contribution in [1.82, 2.24) is 19.7 Å². The number of aromatic nitrogens is 4. The largest absolute Gasteiger partial charge is 0.418 e. The Bertz CT molecular complexity index is 1210. The molecule has 0 atom stereocenters. The highest BCUT2D eigenvalue weighted by Crippen LogP contribution is 2.32. The van der Waals surface area contributed by atoms with Gasteiger partial charge in [0.1, 0.15) is 5.39 Å². The van der Waals surface area contributed by atoms with Crippen LogP contribution in [0, 0.1) is 17.0 Å². The van der Waals surface area contributed by atoms with Gasteiger partial charge in [0.25, 0.3) is 5.56 Å². The van der Waals surface area contributed by atoms with E-state index in [1.807, 2.05) is 30.3 Å². The number of fused-ring (bicyclic) bond motifs is 1. The molecule has 0 fully saturated rings. The summed E-state index contributed by atoms with van der Waals surface area (Å²) in [5.41, 5.74) is 0.813. The van der Waals surface area contributed by atoms with Crippen LogP contribution < -0.4 is 10.3 Å². The quantitative estimate of drug-likeness (QED) is 0.440. The summed E-state index contributed by atoms with van der Waals surface area (Å²) in [6.07, 6.45) is 1.41. The first-order valence-corrected chi connectivity index (χ1v) is 8.00. The molecule has 134 valence electrons. The Morgan fingerprint density at radius 1 is 1.15 bits per heavy atom. The Morgan fingerprint density at radius 3 is 2.67 bits per heavy atom. The topological polar surface area (TPSA) is 116 Å². The standard InChI is InChI=1S/C18H13N5O4/c1-11-6-5-9-14(15(11)23(25)26)27-18-20-16-13(17(24)21-18)10-19-22(16)12-7-3-2-4-8-12/h2-10H,1H3,(H,20,21,24). The maximum Gasteiger partial charge on any atom is 0.314 e. The maximum atomic E-state index is 12.4. The van der Waals surface area contributed by atoms with Gasteiger partial charge in [-0.05, 0) is 25.1 Å². The van der Waals surface area contributed by atoms with Crippen LogP contribution in [0.3, 0.4) is 0 Å². The molecule has 0 bridgehead atoms. The van der Waals surface area contributed by atoms with Crippen molar-refractivity contribution in [2.24, 2.45) is 0 Å². The third-order valence-corrected chi connectivity index (χ3v) is 4.01. The molecule has 2 aromatic carbocycles. The second-order valence-electron chi connectivity index (χ2n) is 5.78. The van der Waals surface area contributed by atoms with Crippen LogP contribution in [0.2, 0.25) is 0 Å². The number of hydrogen-bond donors (Lipinski definition) is 1. The number of nitrogens with zero attached hydrogens (tertiary/aromatic N) is 4. The van der Waals surface area contributed by atoms with E-state index in [0.717, 1.165) is 5.69 Å². The van der Waals surface area contributed by atoms with E-state index >= 15 is 0 Å². The molecule has 9 heteroatoms. The van der Waals surface area contributed by atoms with Crippen LogP contribution in [-0.4, -0.2) is 24.7 Å². The number of hydrogen-bond acceptors (Lipinski definition) is 6. The van der Waals surface area contributed by atoms with E-state index < -0.39 is 10.5 Å². The summed E-state index contributed by atoms with van der Waals surface area (Å²) in [4.78, 5) is 29.9. The Labute approximate surface area is 152 Å². The van der Waals surface area contributed by atoms with Gasteiger partial charge in [0.2, 0.25) is 5.75 Å². The van der Waals surface area contributed by atoms with Gasteiger partial charge in [-0.25, -0.2) is 4.68 Å². The van der Waals surface area contributed by atoms with Crippen molar-refractivity contribution in [2.75, 3.05) is 0 Å². The predicted molar refractivity (Wildman–Crippen MR) is 97.4 cm³/mol. The van der Waals surface area contributed by atoms with Crippen LogP contribution in [0.5, 0.6) is 11.8 Å². The van der Waals surface area contributed by atoms with Crippen molar-refractivity contribution in [3.63, 3.8) is 0 Å². The molecule has 0 saturated heterocycles. The predicted octanol–water partition coefficient (Wildman–Crippen LogP) is 3.12. The van der Waals surface area contributed by atoms with E-state index in [0.29, 0.717) is 5.56 Å². The summed E-state index contributed by atoms with van der Waals surface area (Å²) >= 11 is 0. The maximum absolute atomic E-state index is 12.4. The van der Waals surface area contributed by atoms with Crippen molar-refractivity contribution in [2.45, 2.75) is 6.92 Å². The molecule has 0 aliphatic carbocycles. The van der Waals surface area contributed by atoms with Gasteiger partial charge in [-0.15, -0.1) is 0 Å². The van der Waals surface area contributed by atoms with Crippen LogP contribution in [0.4, 0.5) is 5.69 Å². The molecule has 4 rings (SSSR count). The lowest BCUT2D eigenvalue weighted by molar-refractivity contribution is -0.386. The third kappa shape index (κ3) is 2.91. The fourth-order valence-electron chi connectivity index (χ4n) is 2.76. The molecule has 0 aliphatic heterocycles. The molecule has 0 spiro atoms.